The quantitative estimate of drug-likeness (QED) is 0.420. The van der Waals surface area contributed by atoms with E-state index in [0.29, 0.717) is 17.4 Å². The molecule has 1 aliphatic rings. The molecular formula is C28H27N5O2. The summed E-state index contributed by atoms with van der Waals surface area (Å²) in [6, 6.07) is 20.4. The molecule has 7 nitrogen and oxygen atoms in total. The number of aromatic amines is 1. The third kappa shape index (κ3) is 4.36. The molecule has 3 heterocycles. The van der Waals surface area contributed by atoms with Crippen LogP contribution in [0.4, 0.5) is 0 Å². The van der Waals surface area contributed by atoms with Crippen molar-refractivity contribution in [3.8, 4) is 22.5 Å². The number of morpholine rings is 1. The molecule has 0 aliphatic carbocycles. The Morgan fingerprint density at radius 3 is 2.40 bits per heavy atom. The molecular weight excluding hydrogens is 438 g/mol. The Balaban J connectivity index is 1.31. The maximum absolute atomic E-state index is 13.2. The molecule has 176 valence electrons. The Labute approximate surface area is 203 Å². The van der Waals surface area contributed by atoms with Gasteiger partial charge in [0.05, 0.1) is 41.5 Å². The second-order valence-electron chi connectivity index (χ2n) is 9.11. The molecule has 0 saturated carbocycles. The minimum atomic E-state index is -0.00520. The van der Waals surface area contributed by atoms with E-state index in [-0.39, 0.29) is 5.56 Å². The number of fused-ring (bicyclic) bond motifs is 2. The summed E-state index contributed by atoms with van der Waals surface area (Å²) in [5, 5.41) is 0.636. The predicted molar refractivity (Wildman–Crippen MR) is 139 cm³/mol. The Hall–Kier alpha value is -3.81. The zero-order chi connectivity index (χ0) is 23.8. The van der Waals surface area contributed by atoms with Gasteiger partial charge in [0.25, 0.3) is 5.56 Å². The van der Waals surface area contributed by atoms with Crippen LogP contribution in [0.2, 0.25) is 0 Å². The summed E-state index contributed by atoms with van der Waals surface area (Å²) in [4.78, 5) is 28.3. The summed E-state index contributed by atoms with van der Waals surface area (Å²) >= 11 is 0. The lowest BCUT2D eigenvalue weighted by Gasteiger charge is -2.26. The average molecular weight is 466 g/mol. The van der Waals surface area contributed by atoms with E-state index in [1.807, 2.05) is 24.3 Å². The first-order valence-corrected chi connectivity index (χ1v) is 12.0. The standard InChI is InChI=1S/C28H27N5O2/c1-19-2-4-20(5-3-19)27-30-25-9-7-22(17-26(25)31-27)21-6-8-24-23(16-21)28(34)33(18-29-24)11-10-32-12-14-35-15-13-32/h2-9,16-18H,10-15H2,1H3,(H,30,31). The number of aromatic nitrogens is 4. The monoisotopic (exact) mass is 465 g/mol. The SMILES string of the molecule is Cc1ccc(-c2nc3ccc(-c4ccc5ncn(CCN6CCOCC6)c(=O)c5c4)cc3[nH]2)cc1. The second-order valence-corrected chi connectivity index (χ2v) is 9.11. The molecule has 0 unspecified atom stereocenters. The highest BCUT2D eigenvalue weighted by Crippen LogP contribution is 2.27. The Morgan fingerprint density at radius 2 is 1.60 bits per heavy atom. The summed E-state index contributed by atoms with van der Waals surface area (Å²) < 4.78 is 7.13. The van der Waals surface area contributed by atoms with Crippen LogP contribution in [-0.4, -0.2) is 57.3 Å². The van der Waals surface area contributed by atoms with Crippen LogP contribution in [0.15, 0.2) is 71.8 Å². The van der Waals surface area contributed by atoms with Crippen molar-refractivity contribution in [2.45, 2.75) is 13.5 Å². The van der Waals surface area contributed by atoms with E-state index in [2.05, 4.69) is 58.2 Å². The number of H-pyrrole nitrogens is 1. The Kier molecular flexibility index (Phi) is 5.64. The van der Waals surface area contributed by atoms with Gasteiger partial charge < -0.3 is 9.72 Å². The third-order valence-corrected chi connectivity index (χ3v) is 6.73. The van der Waals surface area contributed by atoms with Crippen molar-refractivity contribution in [3.05, 3.63) is 82.9 Å². The molecule has 6 rings (SSSR count). The van der Waals surface area contributed by atoms with Gasteiger partial charge in [0.15, 0.2) is 0 Å². The normalized spacial score (nSPS) is 14.7. The lowest BCUT2D eigenvalue weighted by Crippen LogP contribution is -2.39. The molecule has 5 aromatic rings. The molecule has 0 atom stereocenters. The fraction of sp³-hybridized carbons (Fsp3) is 0.250. The van der Waals surface area contributed by atoms with Crippen molar-refractivity contribution in [3.63, 3.8) is 0 Å². The topological polar surface area (TPSA) is 76.0 Å². The highest BCUT2D eigenvalue weighted by Gasteiger charge is 2.12. The summed E-state index contributed by atoms with van der Waals surface area (Å²) in [6.07, 6.45) is 1.66. The number of aryl methyl sites for hydroxylation is 1. The maximum Gasteiger partial charge on any atom is 0.261 e. The highest BCUT2D eigenvalue weighted by atomic mass is 16.5. The fourth-order valence-electron chi connectivity index (χ4n) is 4.61. The second kappa shape index (κ2) is 9.09. The molecule has 2 aromatic heterocycles. The molecule has 1 fully saturated rings. The van der Waals surface area contributed by atoms with Crippen LogP contribution in [0.5, 0.6) is 0 Å². The molecule has 1 N–H and O–H groups in total. The number of ether oxygens (including phenoxy) is 1. The maximum atomic E-state index is 13.2. The van der Waals surface area contributed by atoms with Gasteiger partial charge in [-0.3, -0.25) is 14.3 Å². The van der Waals surface area contributed by atoms with Crippen LogP contribution >= 0.6 is 0 Å². The first-order valence-electron chi connectivity index (χ1n) is 12.0. The van der Waals surface area contributed by atoms with Gasteiger partial charge in [-0.25, -0.2) is 9.97 Å². The fourth-order valence-corrected chi connectivity index (χ4v) is 4.61. The zero-order valence-corrected chi connectivity index (χ0v) is 19.7. The van der Waals surface area contributed by atoms with Gasteiger partial charge in [0.1, 0.15) is 5.82 Å². The van der Waals surface area contributed by atoms with Gasteiger partial charge in [0, 0.05) is 31.7 Å². The van der Waals surface area contributed by atoms with Gasteiger partial charge >= 0.3 is 0 Å². The van der Waals surface area contributed by atoms with E-state index in [0.717, 1.165) is 66.4 Å². The molecule has 1 aliphatic heterocycles. The smallest absolute Gasteiger partial charge is 0.261 e. The molecule has 35 heavy (non-hydrogen) atoms. The Bertz CT molecular complexity index is 1560. The van der Waals surface area contributed by atoms with Crippen molar-refractivity contribution in [2.24, 2.45) is 0 Å². The highest BCUT2D eigenvalue weighted by molar-refractivity contribution is 5.88. The van der Waals surface area contributed by atoms with Crippen LogP contribution in [0.3, 0.4) is 0 Å². The number of benzene rings is 3. The van der Waals surface area contributed by atoms with Gasteiger partial charge in [-0.05, 0) is 42.3 Å². The predicted octanol–water partition coefficient (Wildman–Crippen LogP) is 4.25. The van der Waals surface area contributed by atoms with Gasteiger partial charge in [-0.15, -0.1) is 0 Å². The van der Waals surface area contributed by atoms with E-state index in [1.54, 1.807) is 10.9 Å². The average Bonchev–Trinajstić information content (AvgIpc) is 3.33. The number of nitrogens with one attached hydrogen (secondary N) is 1. The first kappa shape index (κ1) is 21.7. The summed E-state index contributed by atoms with van der Waals surface area (Å²) in [5.74, 6) is 0.850. The number of imidazole rings is 1. The molecule has 0 spiro atoms. The van der Waals surface area contributed by atoms with Crippen LogP contribution in [-0.2, 0) is 11.3 Å². The van der Waals surface area contributed by atoms with Crippen LogP contribution in [0.1, 0.15) is 5.56 Å². The Morgan fingerprint density at radius 1 is 0.886 bits per heavy atom. The van der Waals surface area contributed by atoms with Crippen molar-refractivity contribution in [1.82, 2.24) is 24.4 Å². The minimum absolute atomic E-state index is 0.00520. The van der Waals surface area contributed by atoms with Crippen molar-refractivity contribution >= 4 is 21.9 Å². The molecule has 0 bridgehead atoms. The number of hydrogen-bond donors (Lipinski definition) is 1. The molecule has 0 radical (unpaired) electrons. The van der Waals surface area contributed by atoms with Crippen molar-refractivity contribution in [1.29, 1.82) is 0 Å². The number of hydrogen-bond acceptors (Lipinski definition) is 5. The third-order valence-electron chi connectivity index (χ3n) is 6.73. The van der Waals surface area contributed by atoms with Crippen molar-refractivity contribution in [2.75, 3.05) is 32.8 Å². The molecule has 7 heteroatoms. The summed E-state index contributed by atoms with van der Waals surface area (Å²) in [6.45, 7) is 6.82. The first-order chi connectivity index (χ1) is 17.1. The molecule has 1 saturated heterocycles. The van der Waals surface area contributed by atoms with Crippen LogP contribution < -0.4 is 5.56 Å². The van der Waals surface area contributed by atoms with Gasteiger partial charge in [0.2, 0.25) is 0 Å². The molecule has 0 amide bonds. The number of rotatable bonds is 5. The molecule has 3 aromatic carbocycles. The largest absolute Gasteiger partial charge is 0.379 e. The van der Waals surface area contributed by atoms with Crippen LogP contribution in [0, 0.1) is 6.92 Å². The van der Waals surface area contributed by atoms with E-state index in [9.17, 15) is 4.79 Å². The minimum Gasteiger partial charge on any atom is -0.379 e. The zero-order valence-electron chi connectivity index (χ0n) is 19.7. The van der Waals surface area contributed by atoms with Gasteiger partial charge in [-0.1, -0.05) is 42.0 Å². The van der Waals surface area contributed by atoms with Crippen molar-refractivity contribution < 1.29 is 4.74 Å². The summed E-state index contributed by atoms with van der Waals surface area (Å²) in [7, 11) is 0. The van der Waals surface area contributed by atoms with E-state index in [4.69, 9.17) is 9.72 Å². The van der Waals surface area contributed by atoms with E-state index >= 15 is 0 Å². The lowest BCUT2D eigenvalue weighted by atomic mass is 10.0. The van der Waals surface area contributed by atoms with E-state index < -0.39 is 0 Å². The van der Waals surface area contributed by atoms with E-state index in [1.165, 1.54) is 5.56 Å². The summed E-state index contributed by atoms with van der Waals surface area (Å²) in [5.41, 5.74) is 6.88. The lowest BCUT2D eigenvalue weighted by molar-refractivity contribution is 0.0362. The van der Waals surface area contributed by atoms with Crippen LogP contribution in [0.25, 0.3) is 44.5 Å². The van der Waals surface area contributed by atoms with Gasteiger partial charge in [-0.2, -0.15) is 0 Å². The number of nitrogens with zero attached hydrogens (tertiary/aromatic N) is 4.